The second kappa shape index (κ2) is 6.90. The second-order valence-electron chi connectivity index (χ2n) is 6.72. The lowest BCUT2D eigenvalue weighted by molar-refractivity contribution is 0.186. The van der Waals surface area contributed by atoms with Crippen molar-refractivity contribution < 1.29 is 17.2 Å². The number of rotatable bonds is 4. The van der Waals surface area contributed by atoms with E-state index in [-0.39, 0.29) is 41.9 Å². The van der Waals surface area contributed by atoms with Crippen molar-refractivity contribution in [2.24, 2.45) is 0 Å². The first-order chi connectivity index (χ1) is 12.1. The van der Waals surface area contributed by atoms with Gasteiger partial charge >= 0.3 is 0 Å². The second-order valence-corrected chi connectivity index (χ2v) is 9.08. The molecule has 0 saturated carbocycles. The van der Waals surface area contributed by atoms with Gasteiger partial charge in [0.2, 0.25) is 16.0 Å². The quantitative estimate of drug-likeness (QED) is 0.842. The number of halogens is 3. The van der Waals surface area contributed by atoms with Crippen molar-refractivity contribution >= 4 is 33.1 Å². The van der Waals surface area contributed by atoms with Crippen molar-refractivity contribution in [2.45, 2.75) is 38.4 Å². The molecule has 2 aromatic heterocycles. The van der Waals surface area contributed by atoms with E-state index in [9.17, 15) is 17.2 Å². The molecule has 0 spiro atoms. The number of piperidine rings is 1. The molecule has 7 nitrogen and oxygen atoms in total. The number of nitrogens with zero attached hydrogens (tertiary/aromatic N) is 4. The van der Waals surface area contributed by atoms with Crippen LogP contribution in [0.15, 0.2) is 6.20 Å². The molecule has 0 amide bonds. The first kappa shape index (κ1) is 19.2. The number of anilines is 1. The van der Waals surface area contributed by atoms with E-state index in [1.165, 1.54) is 10.7 Å². The number of aromatic nitrogens is 3. The Morgan fingerprint density at radius 3 is 2.69 bits per heavy atom. The van der Waals surface area contributed by atoms with Crippen molar-refractivity contribution in [2.75, 3.05) is 24.7 Å². The largest absolute Gasteiger partial charge is 0.347 e. The average molecular weight is 408 g/mol. The number of nitrogens with one attached hydrogen (secondary N) is 1. The molecule has 2 aromatic rings. The number of alkyl halides is 1. The molecule has 1 saturated heterocycles. The number of hydrogen-bond acceptors (Lipinski definition) is 5. The SMILES string of the molecule is CC(C)c1c(Cl)c(F)c2cnc(N[C@@H]3CCN(S(C)(=O)=O)C[C@H]3F)nn12. The van der Waals surface area contributed by atoms with Crippen LogP contribution in [-0.2, 0) is 10.0 Å². The van der Waals surface area contributed by atoms with Crippen molar-refractivity contribution in [3.05, 3.63) is 22.7 Å². The van der Waals surface area contributed by atoms with Gasteiger partial charge in [0.15, 0.2) is 5.82 Å². The summed E-state index contributed by atoms with van der Waals surface area (Å²) in [5.74, 6) is -0.535. The van der Waals surface area contributed by atoms with E-state index in [4.69, 9.17) is 11.6 Å². The van der Waals surface area contributed by atoms with Crippen LogP contribution >= 0.6 is 11.6 Å². The van der Waals surface area contributed by atoms with Gasteiger partial charge in [0, 0.05) is 13.1 Å². The molecule has 26 heavy (non-hydrogen) atoms. The highest BCUT2D eigenvalue weighted by Crippen LogP contribution is 2.31. The maximum atomic E-state index is 14.4. The molecule has 0 bridgehead atoms. The lowest BCUT2D eigenvalue weighted by atomic mass is 10.1. The maximum absolute atomic E-state index is 14.4. The molecule has 3 heterocycles. The fraction of sp³-hybridized carbons (Fsp3) is 0.600. The average Bonchev–Trinajstić information content (AvgIpc) is 2.79. The molecule has 0 aliphatic carbocycles. The van der Waals surface area contributed by atoms with Gasteiger partial charge in [-0.2, -0.15) is 4.31 Å². The topological polar surface area (TPSA) is 79.6 Å². The summed E-state index contributed by atoms with van der Waals surface area (Å²) in [6.45, 7) is 3.71. The summed E-state index contributed by atoms with van der Waals surface area (Å²) < 4.78 is 54.2. The molecule has 0 radical (unpaired) electrons. The fourth-order valence-corrected chi connectivity index (χ4v) is 4.32. The van der Waals surface area contributed by atoms with Crippen molar-refractivity contribution in [1.29, 1.82) is 0 Å². The van der Waals surface area contributed by atoms with Crippen LogP contribution in [0.4, 0.5) is 14.7 Å². The zero-order valence-electron chi connectivity index (χ0n) is 14.6. The van der Waals surface area contributed by atoms with Gasteiger partial charge in [-0.3, -0.25) is 0 Å². The van der Waals surface area contributed by atoms with Gasteiger partial charge in [0.05, 0.1) is 24.2 Å². The van der Waals surface area contributed by atoms with E-state index in [2.05, 4.69) is 15.4 Å². The Bertz CT molecular complexity index is 934. The van der Waals surface area contributed by atoms with Gasteiger partial charge in [-0.15, -0.1) is 5.10 Å². The first-order valence-electron chi connectivity index (χ1n) is 8.18. The molecular weight excluding hydrogens is 388 g/mol. The van der Waals surface area contributed by atoms with Gasteiger partial charge in [0.25, 0.3) is 0 Å². The normalized spacial score (nSPS) is 22.3. The Labute approximate surface area is 155 Å². The Balaban J connectivity index is 1.85. The number of hydrogen-bond donors (Lipinski definition) is 1. The standard InChI is InChI=1S/C15H20ClF2N5O2S/c1-8(2)14-12(16)13(18)11-6-19-15(21-23(11)14)20-10-4-5-22(7-9(10)17)26(3,24)25/h6,8-10H,4-5,7H2,1-3H3,(H,20,21)/t9-,10-/m1/s1. The highest BCUT2D eigenvalue weighted by Gasteiger charge is 2.33. The van der Waals surface area contributed by atoms with E-state index in [1.807, 2.05) is 13.8 Å². The van der Waals surface area contributed by atoms with Crippen LogP contribution in [0, 0.1) is 5.82 Å². The minimum Gasteiger partial charge on any atom is -0.347 e. The van der Waals surface area contributed by atoms with Gasteiger partial charge in [-0.05, 0) is 12.3 Å². The minimum atomic E-state index is -3.43. The lowest BCUT2D eigenvalue weighted by Gasteiger charge is -2.33. The summed E-state index contributed by atoms with van der Waals surface area (Å²) in [5, 5.41) is 7.13. The van der Waals surface area contributed by atoms with Crippen LogP contribution in [-0.4, -0.2) is 58.9 Å². The molecule has 144 valence electrons. The Kier molecular flexibility index (Phi) is 5.11. The van der Waals surface area contributed by atoms with Crippen LogP contribution in [0.5, 0.6) is 0 Å². The van der Waals surface area contributed by atoms with E-state index >= 15 is 0 Å². The molecule has 3 rings (SSSR count). The molecular formula is C15H20ClF2N5O2S. The highest BCUT2D eigenvalue weighted by atomic mass is 35.5. The molecule has 1 aliphatic rings. The molecule has 1 N–H and O–H groups in total. The molecule has 11 heteroatoms. The summed E-state index contributed by atoms with van der Waals surface area (Å²) in [6.07, 6.45) is 1.21. The first-order valence-corrected chi connectivity index (χ1v) is 10.4. The Morgan fingerprint density at radius 1 is 1.42 bits per heavy atom. The van der Waals surface area contributed by atoms with E-state index in [0.717, 1.165) is 10.6 Å². The summed E-state index contributed by atoms with van der Waals surface area (Å²) in [5.41, 5.74) is 0.654. The van der Waals surface area contributed by atoms with Gasteiger partial charge in [0.1, 0.15) is 16.7 Å². The van der Waals surface area contributed by atoms with Crippen LogP contribution in [0.25, 0.3) is 5.52 Å². The summed E-state index contributed by atoms with van der Waals surface area (Å²) >= 11 is 6.05. The highest BCUT2D eigenvalue weighted by molar-refractivity contribution is 7.88. The lowest BCUT2D eigenvalue weighted by Crippen LogP contribution is -2.49. The number of fused-ring (bicyclic) bond motifs is 1. The van der Waals surface area contributed by atoms with Gasteiger partial charge < -0.3 is 5.32 Å². The van der Waals surface area contributed by atoms with Crippen LogP contribution in [0.3, 0.4) is 0 Å². The molecule has 1 aliphatic heterocycles. The van der Waals surface area contributed by atoms with Crippen molar-refractivity contribution in [3.63, 3.8) is 0 Å². The van der Waals surface area contributed by atoms with E-state index in [1.54, 1.807) is 0 Å². The third-order valence-electron chi connectivity index (χ3n) is 4.44. The predicted molar refractivity (Wildman–Crippen MR) is 95.4 cm³/mol. The summed E-state index contributed by atoms with van der Waals surface area (Å²) in [7, 11) is -3.43. The monoisotopic (exact) mass is 407 g/mol. The third kappa shape index (κ3) is 3.49. The van der Waals surface area contributed by atoms with Crippen LogP contribution in [0.2, 0.25) is 5.02 Å². The van der Waals surface area contributed by atoms with Crippen LogP contribution < -0.4 is 5.32 Å². The zero-order chi connectivity index (χ0) is 19.2. The Hall–Kier alpha value is -1.52. The van der Waals surface area contributed by atoms with Crippen molar-refractivity contribution in [1.82, 2.24) is 18.9 Å². The summed E-state index contributed by atoms with van der Waals surface area (Å²) in [6, 6.07) is -0.635. The number of sulfonamides is 1. The molecule has 1 fully saturated rings. The summed E-state index contributed by atoms with van der Waals surface area (Å²) in [4.78, 5) is 4.04. The van der Waals surface area contributed by atoms with Gasteiger partial charge in [-0.25, -0.2) is 26.7 Å². The molecule has 0 unspecified atom stereocenters. The minimum absolute atomic E-state index is 0.00345. The van der Waals surface area contributed by atoms with Crippen LogP contribution in [0.1, 0.15) is 31.9 Å². The fourth-order valence-electron chi connectivity index (χ4n) is 3.07. The van der Waals surface area contributed by atoms with E-state index in [0.29, 0.717) is 5.69 Å². The van der Waals surface area contributed by atoms with Crippen molar-refractivity contribution in [3.8, 4) is 0 Å². The van der Waals surface area contributed by atoms with Gasteiger partial charge in [-0.1, -0.05) is 25.4 Å². The smallest absolute Gasteiger partial charge is 0.241 e. The van der Waals surface area contributed by atoms with E-state index < -0.39 is 28.1 Å². The maximum Gasteiger partial charge on any atom is 0.241 e. The molecule has 0 aromatic carbocycles. The molecule has 2 atom stereocenters. The zero-order valence-corrected chi connectivity index (χ0v) is 16.2. The predicted octanol–water partition coefficient (Wildman–Crippen LogP) is 2.43. The Morgan fingerprint density at radius 2 is 2.12 bits per heavy atom. The third-order valence-corrected chi connectivity index (χ3v) is 6.07.